The minimum Gasteiger partial charge on any atom is -0.0761 e. The van der Waals surface area contributed by atoms with E-state index in [1.807, 2.05) is 0 Å². The van der Waals surface area contributed by atoms with Gasteiger partial charge in [-0.05, 0) is 75.2 Å². The van der Waals surface area contributed by atoms with Gasteiger partial charge in [0, 0.05) is 5.41 Å². The Morgan fingerprint density at radius 2 is 1.63 bits per heavy atom. The van der Waals surface area contributed by atoms with Crippen LogP contribution in [0.4, 0.5) is 0 Å². The summed E-state index contributed by atoms with van der Waals surface area (Å²) in [6, 6.07) is 0. The maximum Gasteiger partial charge on any atom is 0.0148 e. The first-order valence-electron chi connectivity index (χ1n) is 7.71. The third-order valence-electron chi connectivity index (χ3n) is 5.60. The van der Waals surface area contributed by atoms with Crippen LogP contribution in [-0.2, 0) is 0 Å². The Balaban J connectivity index is 2.07. The van der Waals surface area contributed by atoms with Gasteiger partial charge in [0.1, 0.15) is 0 Å². The van der Waals surface area contributed by atoms with E-state index in [0.717, 1.165) is 6.42 Å². The van der Waals surface area contributed by atoms with Crippen LogP contribution < -0.4 is 0 Å². The molecule has 1 fully saturated rings. The van der Waals surface area contributed by atoms with Gasteiger partial charge in [0.15, 0.2) is 0 Å². The molecule has 0 unspecified atom stereocenters. The van der Waals surface area contributed by atoms with E-state index >= 15 is 0 Å². The highest BCUT2D eigenvalue weighted by atomic mass is 14.4. The molecule has 0 aromatic heterocycles. The van der Waals surface area contributed by atoms with Crippen molar-refractivity contribution in [3.8, 4) is 0 Å². The van der Waals surface area contributed by atoms with E-state index in [-0.39, 0.29) is 5.41 Å². The zero-order valence-electron chi connectivity index (χ0n) is 13.1. The average Bonchev–Trinajstić information content (AvgIpc) is 2.80. The second-order valence-corrected chi connectivity index (χ2v) is 7.09. The maximum absolute atomic E-state index is 2.47. The summed E-state index contributed by atoms with van der Waals surface area (Å²) in [5.41, 5.74) is 11.6. The number of hydrogen-bond donors (Lipinski definition) is 0. The van der Waals surface area contributed by atoms with E-state index in [9.17, 15) is 0 Å². The summed E-state index contributed by atoms with van der Waals surface area (Å²) in [5, 5.41) is 0. The molecule has 1 saturated carbocycles. The maximum atomic E-state index is 2.47. The van der Waals surface area contributed by atoms with Crippen molar-refractivity contribution in [2.24, 2.45) is 5.41 Å². The van der Waals surface area contributed by atoms with Gasteiger partial charge < -0.3 is 0 Å². The van der Waals surface area contributed by atoms with E-state index in [1.54, 1.807) is 33.4 Å². The molecule has 0 saturated heterocycles. The second kappa shape index (κ2) is 4.23. The standard InChI is InChI=1S/C19H26/c1-12-9-10-17(13(12)2)19(4,5)18-14(3)15-7-6-8-16(18)11-15/h10H,6-9,11H2,1-5H3. The fourth-order valence-electron chi connectivity index (χ4n) is 4.49. The van der Waals surface area contributed by atoms with Gasteiger partial charge >= 0.3 is 0 Å². The van der Waals surface area contributed by atoms with Crippen molar-refractivity contribution in [2.45, 2.75) is 66.7 Å². The lowest BCUT2D eigenvalue weighted by Crippen LogP contribution is -2.19. The molecule has 19 heavy (non-hydrogen) atoms. The van der Waals surface area contributed by atoms with Crippen LogP contribution in [0.2, 0.25) is 0 Å². The Morgan fingerprint density at radius 3 is 2.21 bits per heavy atom. The van der Waals surface area contributed by atoms with Crippen molar-refractivity contribution >= 4 is 0 Å². The van der Waals surface area contributed by atoms with E-state index in [4.69, 9.17) is 0 Å². The van der Waals surface area contributed by atoms with Crippen LogP contribution in [-0.4, -0.2) is 0 Å². The molecule has 0 radical (unpaired) electrons. The van der Waals surface area contributed by atoms with Gasteiger partial charge in [-0.1, -0.05) is 36.6 Å². The lowest BCUT2D eigenvalue weighted by molar-refractivity contribution is 0.545. The Morgan fingerprint density at radius 1 is 0.947 bits per heavy atom. The molecule has 0 N–H and O–H groups in total. The normalized spacial score (nSPS) is 23.7. The van der Waals surface area contributed by atoms with Crippen molar-refractivity contribution in [1.82, 2.24) is 0 Å². The Bertz CT molecular complexity index is 559. The quantitative estimate of drug-likeness (QED) is 0.577. The van der Waals surface area contributed by atoms with Gasteiger partial charge in [0.25, 0.3) is 0 Å². The average molecular weight is 254 g/mol. The Labute approximate surface area is 118 Å². The molecule has 102 valence electrons. The Hall–Kier alpha value is -1.04. The molecule has 0 atom stereocenters. The first-order chi connectivity index (χ1) is 8.93. The molecule has 3 aliphatic carbocycles. The fourth-order valence-corrected chi connectivity index (χ4v) is 4.49. The largest absolute Gasteiger partial charge is 0.0761 e. The minimum absolute atomic E-state index is 0.202. The van der Waals surface area contributed by atoms with Crippen molar-refractivity contribution in [3.05, 3.63) is 45.1 Å². The van der Waals surface area contributed by atoms with Crippen molar-refractivity contribution < 1.29 is 0 Å². The summed E-state index contributed by atoms with van der Waals surface area (Å²) in [7, 11) is 0. The zero-order valence-corrected chi connectivity index (χ0v) is 13.1. The van der Waals surface area contributed by atoms with E-state index in [2.05, 4.69) is 40.7 Å². The van der Waals surface area contributed by atoms with Gasteiger partial charge in [0.2, 0.25) is 0 Å². The summed E-state index contributed by atoms with van der Waals surface area (Å²) in [5.74, 6) is 0. The number of hydrogen-bond acceptors (Lipinski definition) is 0. The first-order valence-corrected chi connectivity index (χ1v) is 7.71. The summed E-state index contributed by atoms with van der Waals surface area (Å²) in [6.07, 6.45) is 8.94. The topological polar surface area (TPSA) is 0 Å². The molecule has 0 aromatic rings. The lowest BCUT2D eigenvalue weighted by Gasteiger charge is -2.32. The molecule has 0 aromatic carbocycles. The third kappa shape index (κ3) is 1.80. The Kier molecular flexibility index (Phi) is 2.89. The SMILES string of the molecule is CC1=C(C)C(C(C)(C)C2=C3CCCC(=C2C)C3)=CC1. The molecule has 0 heterocycles. The number of allylic oxidation sites excluding steroid dienone is 8. The smallest absolute Gasteiger partial charge is 0.0148 e. The monoisotopic (exact) mass is 254 g/mol. The van der Waals surface area contributed by atoms with Crippen LogP contribution in [0.15, 0.2) is 45.1 Å². The molecule has 0 heteroatoms. The second-order valence-electron chi connectivity index (χ2n) is 7.09. The summed E-state index contributed by atoms with van der Waals surface area (Å²) in [4.78, 5) is 0. The molecule has 3 rings (SSSR count). The molecule has 0 aliphatic heterocycles. The highest BCUT2D eigenvalue weighted by molar-refractivity contribution is 5.58. The molecule has 0 spiro atoms. The zero-order chi connectivity index (χ0) is 13.8. The highest BCUT2D eigenvalue weighted by Gasteiger charge is 2.38. The van der Waals surface area contributed by atoms with Crippen LogP contribution in [0.5, 0.6) is 0 Å². The molecule has 0 amide bonds. The van der Waals surface area contributed by atoms with Gasteiger partial charge in [-0.3, -0.25) is 0 Å². The highest BCUT2D eigenvalue weighted by Crippen LogP contribution is 2.53. The first kappa shape index (κ1) is 13.0. The van der Waals surface area contributed by atoms with Gasteiger partial charge in [-0.2, -0.15) is 0 Å². The summed E-state index contributed by atoms with van der Waals surface area (Å²) in [6.45, 7) is 11.8. The molecule has 0 nitrogen and oxygen atoms in total. The van der Waals surface area contributed by atoms with Crippen molar-refractivity contribution in [3.63, 3.8) is 0 Å². The van der Waals surface area contributed by atoms with E-state index < -0.39 is 0 Å². The van der Waals surface area contributed by atoms with Crippen molar-refractivity contribution in [2.75, 3.05) is 0 Å². The molecular weight excluding hydrogens is 228 g/mol. The third-order valence-corrected chi connectivity index (χ3v) is 5.60. The summed E-state index contributed by atoms with van der Waals surface area (Å²) >= 11 is 0. The molecule has 2 bridgehead atoms. The fraction of sp³-hybridized carbons (Fsp3) is 0.579. The molecular formula is C19H26. The minimum atomic E-state index is 0.202. The summed E-state index contributed by atoms with van der Waals surface area (Å²) < 4.78 is 0. The van der Waals surface area contributed by atoms with Crippen molar-refractivity contribution in [1.29, 1.82) is 0 Å². The van der Waals surface area contributed by atoms with Crippen LogP contribution >= 0.6 is 0 Å². The predicted molar refractivity (Wildman–Crippen MR) is 83.0 cm³/mol. The lowest BCUT2D eigenvalue weighted by atomic mass is 9.72. The van der Waals surface area contributed by atoms with Crippen LogP contribution in [0.3, 0.4) is 0 Å². The molecule has 3 aliphatic rings. The van der Waals surface area contributed by atoms with E-state index in [1.165, 1.54) is 31.3 Å². The van der Waals surface area contributed by atoms with Gasteiger partial charge in [-0.15, -0.1) is 0 Å². The number of fused-ring (bicyclic) bond motifs is 2. The van der Waals surface area contributed by atoms with Crippen LogP contribution in [0, 0.1) is 5.41 Å². The number of rotatable bonds is 2. The van der Waals surface area contributed by atoms with Crippen LogP contribution in [0.25, 0.3) is 0 Å². The van der Waals surface area contributed by atoms with E-state index in [0.29, 0.717) is 0 Å². The van der Waals surface area contributed by atoms with Gasteiger partial charge in [0.05, 0.1) is 0 Å². The van der Waals surface area contributed by atoms with Gasteiger partial charge in [-0.25, -0.2) is 0 Å². The predicted octanol–water partition coefficient (Wildman–Crippen LogP) is 5.88. The van der Waals surface area contributed by atoms with Crippen LogP contribution in [0.1, 0.15) is 66.7 Å².